The Kier molecular flexibility index (Phi) is 4.01. The Morgan fingerprint density at radius 1 is 1.25 bits per heavy atom. The third-order valence-electron chi connectivity index (χ3n) is 2.97. The van der Waals surface area contributed by atoms with E-state index in [-0.39, 0.29) is 17.5 Å². The highest BCUT2D eigenvalue weighted by Gasteiger charge is 2.16. The second kappa shape index (κ2) is 5.56. The van der Waals surface area contributed by atoms with Crippen LogP contribution in [0.2, 0.25) is 0 Å². The molecular weight excluding hydrogens is 256 g/mol. The smallest absolute Gasteiger partial charge is 0.318 e. The standard InChI is InChI=1S/C14H20N4O2/c1-8(2)7-18-12-10(6-15-14(17-12)20-5)16-11(9(3)4)13(18)19/h6,8-9H,7H2,1-5H3. The number of aromatic nitrogens is 4. The van der Waals surface area contributed by atoms with E-state index in [1.165, 1.54) is 7.11 Å². The van der Waals surface area contributed by atoms with E-state index in [0.29, 0.717) is 29.3 Å². The van der Waals surface area contributed by atoms with Gasteiger partial charge in [0.2, 0.25) is 0 Å². The van der Waals surface area contributed by atoms with Crippen LogP contribution in [0.1, 0.15) is 39.3 Å². The number of nitrogens with zero attached hydrogens (tertiary/aromatic N) is 4. The lowest BCUT2D eigenvalue weighted by Crippen LogP contribution is -2.29. The van der Waals surface area contributed by atoms with E-state index >= 15 is 0 Å². The molecule has 2 aromatic heterocycles. The van der Waals surface area contributed by atoms with Crippen molar-refractivity contribution in [2.45, 2.75) is 40.2 Å². The van der Waals surface area contributed by atoms with E-state index < -0.39 is 0 Å². The quantitative estimate of drug-likeness (QED) is 0.854. The number of fused-ring (bicyclic) bond motifs is 1. The van der Waals surface area contributed by atoms with E-state index in [2.05, 4.69) is 28.8 Å². The van der Waals surface area contributed by atoms with Gasteiger partial charge in [-0.3, -0.25) is 9.36 Å². The van der Waals surface area contributed by atoms with Crippen molar-refractivity contribution in [2.75, 3.05) is 7.11 Å². The summed E-state index contributed by atoms with van der Waals surface area (Å²) in [5, 5.41) is 0. The maximum Gasteiger partial charge on any atom is 0.318 e. The van der Waals surface area contributed by atoms with E-state index in [4.69, 9.17) is 4.74 Å². The Bertz CT molecular complexity index is 677. The van der Waals surface area contributed by atoms with Crippen LogP contribution in [0.25, 0.3) is 11.2 Å². The Balaban J connectivity index is 2.79. The molecule has 0 fully saturated rings. The minimum atomic E-state index is -0.0815. The summed E-state index contributed by atoms with van der Waals surface area (Å²) in [5.74, 6) is 0.395. The number of hydrogen-bond donors (Lipinski definition) is 0. The predicted molar refractivity (Wildman–Crippen MR) is 77.1 cm³/mol. The average molecular weight is 276 g/mol. The van der Waals surface area contributed by atoms with Crippen LogP contribution in [0.3, 0.4) is 0 Å². The molecule has 6 nitrogen and oxygen atoms in total. The van der Waals surface area contributed by atoms with Crippen molar-refractivity contribution >= 4 is 11.2 Å². The van der Waals surface area contributed by atoms with Gasteiger partial charge in [0.15, 0.2) is 5.65 Å². The summed E-state index contributed by atoms with van der Waals surface area (Å²) < 4.78 is 6.71. The maximum absolute atomic E-state index is 12.6. The Hall–Kier alpha value is -1.98. The van der Waals surface area contributed by atoms with Crippen molar-refractivity contribution in [1.29, 1.82) is 0 Å². The highest BCUT2D eigenvalue weighted by Crippen LogP contribution is 2.15. The fourth-order valence-electron chi connectivity index (χ4n) is 2.05. The monoisotopic (exact) mass is 276 g/mol. The normalized spacial score (nSPS) is 11.6. The van der Waals surface area contributed by atoms with Gasteiger partial charge in [-0.05, 0) is 5.92 Å². The molecule has 0 bridgehead atoms. The second-order valence-electron chi connectivity index (χ2n) is 5.53. The van der Waals surface area contributed by atoms with Gasteiger partial charge < -0.3 is 4.74 Å². The third-order valence-corrected chi connectivity index (χ3v) is 2.97. The molecule has 6 heteroatoms. The molecule has 2 rings (SSSR count). The molecule has 0 atom stereocenters. The highest BCUT2D eigenvalue weighted by atomic mass is 16.5. The van der Waals surface area contributed by atoms with Crippen LogP contribution < -0.4 is 10.3 Å². The van der Waals surface area contributed by atoms with Crippen LogP contribution in [-0.2, 0) is 6.54 Å². The van der Waals surface area contributed by atoms with Gasteiger partial charge >= 0.3 is 6.01 Å². The average Bonchev–Trinajstić information content (AvgIpc) is 2.40. The fourth-order valence-corrected chi connectivity index (χ4v) is 2.05. The molecule has 0 aromatic carbocycles. The van der Waals surface area contributed by atoms with Crippen molar-refractivity contribution < 1.29 is 4.74 Å². The summed E-state index contributed by atoms with van der Waals surface area (Å²) in [5.41, 5.74) is 1.61. The minimum absolute atomic E-state index is 0.0624. The Labute approximate surface area is 117 Å². The minimum Gasteiger partial charge on any atom is -0.467 e. The Morgan fingerprint density at radius 2 is 1.95 bits per heavy atom. The number of ether oxygens (including phenoxy) is 1. The van der Waals surface area contributed by atoms with E-state index in [1.54, 1.807) is 10.8 Å². The molecule has 20 heavy (non-hydrogen) atoms. The molecule has 2 aromatic rings. The van der Waals surface area contributed by atoms with Gasteiger partial charge in [0.1, 0.15) is 11.2 Å². The van der Waals surface area contributed by atoms with Gasteiger partial charge in [0, 0.05) is 12.5 Å². The molecule has 0 aliphatic carbocycles. The molecule has 0 spiro atoms. The van der Waals surface area contributed by atoms with E-state index in [1.807, 2.05) is 13.8 Å². The summed E-state index contributed by atoms with van der Waals surface area (Å²) in [4.78, 5) is 25.3. The highest BCUT2D eigenvalue weighted by molar-refractivity contribution is 5.69. The van der Waals surface area contributed by atoms with Gasteiger partial charge in [-0.1, -0.05) is 27.7 Å². The molecule has 0 N–H and O–H groups in total. The largest absolute Gasteiger partial charge is 0.467 e. The summed E-state index contributed by atoms with van der Waals surface area (Å²) in [7, 11) is 1.50. The SMILES string of the molecule is COc1ncc2nc(C(C)C)c(=O)n(CC(C)C)c2n1. The van der Waals surface area contributed by atoms with Crippen LogP contribution in [0.4, 0.5) is 0 Å². The van der Waals surface area contributed by atoms with Gasteiger partial charge in [0.05, 0.1) is 13.3 Å². The predicted octanol–water partition coefficient (Wildman–Crippen LogP) is 1.97. The molecule has 0 radical (unpaired) electrons. The van der Waals surface area contributed by atoms with Crippen molar-refractivity contribution in [1.82, 2.24) is 19.5 Å². The summed E-state index contributed by atoms with van der Waals surface area (Å²) in [6, 6.07) is 0.244. The first kappa shape index (κ1) is 14.4. The van der Waals surface area contributed by atoms with Gasteiger partial charge in [-0.25, -0.2) is 9.97 Å². The molecule has 2 heterocycles. The van der Waals surface area contributed by atoms with Gasteiger partial charge in [-0.15, -0.1) is 0 Å². The first-order chi connectivity index (χ1) is 9.43. The van der Waals surface area contributed by atoms with Gasteiger partial charge in [-0.2, -0.15) is 4.98 Å². The van der Waals surface area contributed by atoms with Crippen molar-refractivity contribution in [3.63, 3.8) is 0 Å². The molecule has 0 aliphatic heterocycles. The van der Waals surface area contributed by atoms with Crippen LogP contribution in [0.15, 0.2) is 11.0 Å². The van der Waals surface area contributed by atoms with Crippen LogP contribution in [0, 0.1) is 5.92 Å². The van der Waals surface area contributed by atoms with Crippen LogP contribution in [0.5, 0.6) is 6.01 Å². The number of hydrogen-bond acceptors (Lipinski definition) is 5. The van der Waals surface area contributed by atoms with Crippen molar-refractivity contribution in [3.05, 3.63) is 22.2 Å². The van der Waals surface area contributed by atoms with E-state index in [9.17, 15) is 4.79 Å². The van der Waals surface area contributed by atoms with Gasteiger partial charge in [0.25, 0.3) is 5.56 Å². The lowest BCUT2D eigenvalue weighted by Gasteiger charge is -2.14. The second-order valence-corrected chi connectivity index (χ2v) is 5.53. The Morgan fingerprint density at radius 3 is 2.50 bits per heavy atom. The molecule has 0 saturated carbocycles. The van der Waals surface area contributed by atoms with Crippen molar-refractivity contribution in [3.8, 4) is 6.01 Å². The first-order valence-electron chi connectivity index (χ1n) is 6.75. The summed E-state index contributed by atoms with van der Waals surface area (Å²) in [6.07, 6.45) is 1.60. The molecule has 0 saturated heterocycles. The topological polar surface area (TPSA) is 69.9 Å². The lowest BCUT2D eigenvalue weighted by atomic mass is 10.1. The van der Waals surface area contributed by atoms with Crippen molar-refractivity contribution in [2.24, 2.45) is 5.92 Å². The number of methoxy groups -OCH3 is 1. The lowest BCUT2D eigenvalue weighted by molar-refractivity contribution is 0.380. The molecule has 0 aliphatic rings. The van der Waals surface area contributed by atoms with E-state index in [0.717, 1.165) is 0 Å². The zero-order valence-corrected chi connectivity index (χ0v) is 12.5. The zero-order chi connectivity index (χ0) is 14.9. The fraction of sp³-hybridized carbons (Fsp3) is 0.571. The third kappa shape index (κ3) is 2.64. The number of rotatable bonds is 4. The summed E-state index contributed by atoms with van der Waals surface area (Å²) in [6.45, 7) is 8.63. The zero-order valence-electron chi connectivity index (χ0n) is 12.5. The van der Waals surface area contributed by atoms with Crippen LogP contribution in [-0.4, -0.2) is 26.6 Å². The summed E-state index contributed by atoms with van der Waals surface area (Å²) >= 11 is 0. The molecular formula is C14H20N4O2. The molecule has 108 valence electrons. The molecule has 0 unspecified atom stereocenters. The van der Waals surface area contributed by atoms with Crippen LogP contribution >= 0.6 is 0 Å². The molecule has 0 amide bonds. The maximum atomic E-state index is 12.6. The first-order valence-corrected chi connectivity index (χ1v) is 6.75.